The first kappa shape index (κ1) is 37.6. The van der Waals surface area contributed by atoms with Gasteiger partial charge in [-0.15, -0.1) is 0 Å². The van der Waals surface area contributed by atoms with Gasteiger partial charge in [0.2, 0.25) is 5.91 Å². The number of allylic oxidation sites excluding steroid dienone is 6. The first-order valence-corrected chi connectivity index (χ1v) is 17.3. The normalized spacial score (nSPS) is 14.1. The molecule has 39 heavy (non-hydrogen) atoms. The van der Waals surface area contributed by atoms with E-state index in [-0.39, 0.29) is 5.91 Å². The Morgan fingerprint density at radius 1 is 0.718 bits per heavy atom. The summed E-state index contributed by atoms with van der Waals surface area (Å²) in [6.45, 7) is 4.32. The van der Waals surface area contributed by atoms with Crippen molar-refractivity contribution in [1.29, 1.82) is 0 Å². The molecule has 3 N–H and O–H groups in total. The molecule has 6 nitrogen and oxygen atoms in total. The molecule has 2 atom stereocenters. The van der Waals surface area contributed by atoms with Gasteiger partial charge in [0, 0.05) is 6.42 Å². The van der Waals surface area contributed by atoms with Gasteiger partial charge in [0.1, 0.15) is 0 Å². The van der Waals surface area contributed by atoms with Gasteiger partial charge in [0.15, 0.2) is 0 Å². The van der Waals surface area contributed by atoms with E-state index < -0.39 is 28.0 Å². The molecule has 0 aromatic carbocycles. The summed E-state index contributed by atoms with van der Waals surface area (Å²) >= 11 is 0. The average molecular weight is 570 g/mol. The fraction of sp³-hybridized carbons (Fsp3) is 0.781. The van der Waals surface area contributed by atoms with E-state index in [1.54, 1.807) is 0 Å². The van der Waals surface area contributed by atoms with Gasteiger partial charge in [-0.2, -0.15) is 8.42 Å². The predicted octanol–water partition coefficient (Wildman–Crippen LogP) is 8.23. The van der Waals surface area contributed by atoms with E-state index in [9.17, 15) is 22.9 Å². The summed E-state index contributed by atoms with van der Waals surface area (Å²) in [5.41, 5.74) is 0. The maximum Gasteiger partial charge on any atom is 0.266 e. The highest BCUT2D eigenvalue weighted by Gasteiger charge is 2.26. The molecule has 1 amide bonds. The van der Waals surface area contributed by atoms with Gasteiger partial charge in [0.05, 0.1) is 17.9 Å². The molecule has 0 saturated heterocycles. The van der Waals surface area contributed by atoms with Crippen LogP contribution in [0.5, 0.6) is 0 Å². The lowest BCUT2D eigenvalue weighted by Crippen LogP contribution is -2.47. The third kappa shape index (κ3) is 27.9. The van der Waals surface area contributed by atoms with E-state index in [0.29, 0.717) is 12.8 Å². The van der Waals surface area contributed by atoms with Crippen LogP contribution in [0.2, 0.25) is 0 Å². The molecule has 0 saturated carbocycles. The highest BCUT2D eigenvalue weighted by molar-refractivity contribution is 7.85. The summed E-state index contributed by atoms with van der Waals surface area (Å²) in [6.07, 6.45) is 32.5. The fourth-order valence-corrected chi connectivity index (χ4v) is 5.28. The van der Waals surface area contributed by atoms with Crippen molar-refractivity contribution in [3.63, 3.8) is 0 Å². The van der Waals surface area contributed by atoms with Crippen LogP contribution in [-0.4, -0.2) is 41.9 Å². The van der Waals surface area contributed by atoms with Crippen molar-refractivity contribution in [2.45, 2.75) is 154 Å². The molecule has 7 heteroatoms. The zero-order valence-corrected chi connectivity index (χ0v) is 25.8. The second-order valence-corrected chi connectivity index (χ2v) is 12.2. The first-order valence-electron chi connectivity index (χ1n) is 15.7. The molecule has 0 aliphatic heterocycles. The van der Waals surface area contributed by atoms with Gasteiger partial charge >= 0.3 is 0 Å². The van der Waals surface area contributed by atoms with Crippen LogP contribution in [0.3, 0.4) is 0 Å². The van der Waals surface area contributed by atoms with Crippen LogP contribution in [0.4, 0.5) is 0 Å². The lowest BCUT2D eigenvalue weighted by Gasteiger charge is -2.23. The predicted molar refractivity (Wildman–Crippen MR) is 165 cm³/mol. The molecule has 0 spiro atoms. The summed E-state index contributed by atoms with van der Waals surface area (Å²) < 4.78 is 32.1. The van der Waals surface area contributed by atoms with Crippen molar-refractivity contribution in [3.05, 3.63) is 36.5 Å². The Hall–Kier alpha value is -1.44. The molecule has 0 aromatic heterocycles. The molecule has 228 valence electrons. The minimum Gasteiger partial charge on any atom is -0.391 e. The van der Waals surface area contributed by atoms with Crippen LogP contribution in [0.25, 0.3) is 0 Å². The van der Waals surface area contributed by atoms with Crippen LogP contribution in [0.1, 0.15) is 142 Å². The van der Waals surface area contributed by atoms with E-state index in [1.165, 1.54) is 44.9 Å². The highest BCUT2D eigenvalue weighted by atomic mass is 32.2. The summed E-state index contributed by atoms with van der Waals surface area (Å²) in [4.78, 5) is 12.4. The molecule has 0 aliphatic rings. The third-order valence-corrected chi connectivity index (χ3v) is 7.64. The molecule has 0 aliphatic carbocycles. The maximum absolute atomic E-state index is 12.4. The maximum atomic E-state index is 12.4. The second kappa shape index (κ2) is 26.8. The minimum atomic E-state index is -4.30. The molecule has 0 heterocycles. The summed E-state index contributed by atoms with van der Waals surface area (Å²) in [6, 6.07) is -0.972. The number of hydrogen-bond acceptors (Lipinski definition) is 4. The van der Waals surface area contributed by atoms with Gasteiger partial charge < -0.3 is 10.4 Å². The van der Waals surface area contributed by atoms with Crippen molar-refractivity contribution in [2.24, 2.45) is 0 Å². The topological polar surface area (TPSA) is 104 Å². The summed E-state index contributed by atoms with van der Waals surface area (Å²) in [5, 5.41) is 13.1. The van der Waals surface area contributed by atoms with Gasteiger partial charge in [-0.3, -0.25) is 9.35 Å². The molecule has 2 unspecified atom stereocenters. The Bertz CT molecular complexity index is 761. The largest absolute Gasteiger partial charge is 0.391 e. The zero-order valence-electron chi connectivity index (χ0n) is 25.0. The van der Waals surface area contributed by atoms with Crippen LogP contribution >= 0.6 is 0 Å². The number of aliphatic hydroxyl groups excluding tert-OH is 1. The minimum absolute atomic E-state index is 0.263. The van der Waals surface area contributed by atoms with E-state index in [0.717, 1.165) is 70.6 Å². The lowest BCUT2D eigenvalue weighted by atomic mass is 10.0. The van der Waals surface area contributed by atoms with E-state index >= 15 is 0 Å². The van der Waals surface area contributed by atoms with Crippen molar-refractivity contribution in [3.8, 4) is 0 Å². The van der Waals surface area contributed by atoms with E-state index in [4.69, 9.17) is 0 Å². The Morgan fingerprint density at radius 3 is 1.82 bits per heavy atom. The van der Waals surface area contributed by atoms with Crippen molar-refractivity contribution in [2.75, 3.05) is 5.75 Å². The van der Waals surface area contributed by atoms with Gasteiger partial charge in [-0.05, 0) is 44.9 Å². The van der Waals surface area contributed by atoms with Gasteiger partial charge in [0.25, 0.3) is 10.1 Å². The fourth-order valence-electron chi connectivity index (χ4n) is 4.52. The van der Waals surface area contributed by atoms with Crippen molar-refractivity contribution >= 4 is 16.0 Å². The van der Waals surface area contributed by atoms with E-state index in [2.05, 4.69) is 55.6 Å². The molecule has 0 radical (unpaired) electrons. The first-order chi connectivity index (χ1) is 18.8. The molecule has 0 aromatic rings. The smallest absolute Gasteiger partial charge is 0.266 e. The number of aliphatic hydroxyl groups is 1. The van der Waals surface area contributed by atoms with Gasteiger partial charge in [-0.1, -0.05) is 127 Å². The molecule has 0 rings (SSSR count). The van der Waals surface area contributed by atoms with Crippen molar-refractivity contribution < 1.29 is 22.9 Å². The van der Waals surface area contributed by atoms with Crippen LogP contribution < -0.4 is 5.32 Å². The SMILES string of the molecule is CC/C=C\C/C=C\C/C=C\CCCCCCCCCC(=O)NC(CS(=O)(=O)O)C(O)CCCCCCCCC. The summed E-state index contributed by atoms with van der Waals surface area (Å²) in [5.74, 6) is -0.916. The number of unbranched alkanes of at least 4 members (excludes halogenated alkanes) is 13. The summed E-state index contributed by atoms with van der Waals surface area (Å²) in [7, 11) is -4.30. The number of hydrogen-bond donors (Lipinski definition) is 3. The average Bonchev–Trinajstić information content (AvgIpc) is 2.88. The Kier molecular flexibility index (Phi) is 25.8. The number of rotatable bonds is 27. The number of nitrogens with one attached hydrogen (secondary N) is 1. The third-order valence-electron chi connectivity index (χ3n) is 6.86. The van der Waals surface area contributed by atoms with Crippen LogP contribution in [0, 0.1) is 0 Å². The van der Waals surface area contributed by atoms with Crippen LogP contribution in [-0.2, 0) is 14.9 Å². The highest BCUT2D eigenvalue weighted by Crippen LogP contribution is 2.14. The van der Waals surface area contributed by atoms with E-state index in [1.807, 2.05) is 0 Å². The quantitative estimate of drug-likeness (QED) is 0.0525. The number of carbonyl (C=O) groups excluding carboxylic acids is 1. The van der Waals surface area contributed by atoms with Gasteiger partial charge in [-0.25, -0.2) is 0 Å². The Morgan fingerprint density at radius 2 is 1.23 bits per heavy atom. The number of carbonyl (C=O) groups is 1. The second-order valence-electron chi connectivity index (χ2n) is 10.7. The molecule has 0 fully saturated rings. The van der Waals surface area contributed by atoms with Crippen LogP contribution in [0.15, 0.2) is 36.5 Å². The molecular formula is C32H59NO5S. The lowest BCUT2D eigenvalue weighted by molar-refractivity contribution is -0.122. The zero-order chi connectivity index (χ0) is 29.0. The monoisotopic (exact) mass is 569 g/mol. The van der Waals surface area contributed by atoms with Crippen molar-refractivity contribution in [1.82, 2.24) is 5.32 Å². The molecular weight excluding hydrogens is 510 g/mol. The number of amides is 1. The Labute approximate surface area is 240 Å². The Balaban J connectivity index is 3.94. The molecule has 0 bridgehead atoms. The standard InChI is InChI=1S/C32H59NO5S/c1-3-5-7-9-11-12-13-14-15-16-17-18-19-20-22-24-26-28-32(35)33-30(29-39(36,37)38)31(34)27-25-23-21-10-8-6-4-2/h5,7,11-12,14-15,30-31,34H,3-4,6,8-10,13,16-29H2,1-2H3,(H,33,35)(H,36,37,38)/b7-5-,12-11-,15-14-.